The quantitative estimate of drug-likeness (QED) is 0.690. The monoisotopic (exact) mass is 238 g/mol. The van der Waals surface area contributed by atoms with Gasteiger partial charge < -0.3 is 10.2 Å². The SMILES string of the molecule is CC(C)C1=C[C@@H]2C(C)CCC2[C@](C)(O)C(O)C1. The van der Waals surface area contributed by atoms with Gasteiger partial charge in [-0.05, 0) is 49.9 Å². The highest BCUT2D eigenvalue weighted by atomic mass is 16.3. The molecule has 2 rings (SSSR count). The van der Waals surface area contributed by atoms with Crippen LogP contribution in [-0.2, 0) is 0 Å². The summed E-state index contributed by atoms with van der Waals surface area (Å²) >= 11 is 0. The Kier molecular flexibility index (Phi) is 3.39. The Morgan fingerprint density at radius 2 is 2.00 bits per heavy atom. The number of rotatable bonds is 1. The molecule has 0 bridgehead atoms. The summed E-state index contributed by atoms with van der Waals surface area (Å²) < 4.78 is 0. The molecule has 0 heterocycles. The molecular weight excluding hydrogens is 212 g/mol. The van der Waals surface area contributed by atoms with Crippen LogP contribution in [0.3, 0.4) is 0 Å². The van der Waals surface area contributed by atoms with E-state index in [4.69, 9.17) is 0 Å². The molecule has 1 fully saturated rings. The Balaban J connectivity index is 2.36. The molecule has 0 aromatic carbocycles. The lowest BCUT2D eigenvalue weighted by atomic mass is 9.77. The predicted molar refractivity (Wildman–Crippen MR) is 69.5 cm³/mol. The lowest BCUT2D eigenvalue weighted by Gasteiger charge is -2.36. The molecule has 2 aliphatic carbocycles. The first-order valence-electron chi connectivity index (χ1n) is 6.95. The minimum atomic E-state index is -0.928. The van der Waals surface area contributed by atoms with Crippen LogP contribution in [0.5, 0.6) is 0 Å². The standard InChI is InChI=1S/C15H26O2/c1-9(2)11-7-12-10(3)5-6-13(12)15(4,17)14(16)8-11/h7,9-10,12-14,16-17H,5-6,8H2,1-4H3/t10?,12-,13?,14?,15+/m1/s1. The number of hydrogen-bond acceptors (Lipinski definition) is 2. The van der Waals surface area contributed by atoms with Crippen LogP contribution >= 0.6 is 0 Å². The van der Waals surface area contributed by atoms with E-state index in [0.717, 1.165) is 6.42 Å². The fourth-order valence-corrected chi connectivity index (χ4v) is 3.61. The number of aliphatic hydroxyl groups excluding tert-OH is 1. The molecule has 0 radical (unpaired) electrons. The third kappa shape index (κ3) is 2.17. The Morgan fingerprint density at radius 3 is 2.59 bits per heavy atom. The molecule has 2 nitrogen and oxygen atoms in total. The van der Waals surface area contributed by atoms with Gasteiger partial charge in [0.15, 0.2) is 0 Å². The van der Waals surface area contributed by atoms with E-state index >= 15 is 0 Å². The average molecular weight is 238 g/mol. The lowest BCUT2D eigenvalue weighted by Crippen LogP contribution is -2.46. The van der Waals surface area contributed by atoms with Crippen LogP contribution in [0.15, 0.2) is 11.6 Å². The molecule has 0 aromatic heterocycles. The molecule has 0 aliphatic heterocycles. The highest BCUT2D eigenvalue weighted by Gasteiger charge is 2.48. The maximum atomic E-state index is 10.6. The van der Waals surface area contributed by atoms with Gasteiger partial charge in [-0.25, -0.2) is 0 Å². The van der Waals surface area contributed by atoms with E-state index in [2.05, 4.69) is 26.8 Å². The van der Waals surface area contributed by atoms with Crippen LogP contribution in [-0.4, -0.2) is 21.9 Å². The first kappa shape index (κ1) is 13.1. The summed E-state index contributed by atoms with van der Waals surface area (Å²) in [5.74, 6) is 1.76. The zero-order valence-electron chi connectivity index (χ0n) is 11.5. The second-order valence-electron chi connectivity index (χ2n) is 6.58. The highest BCUT2D eigenvalue weighted by molar-refractivity contribution is 5.18. The lowest BCUT2D eigenvalue weighted by molar-refractivity contribution is -0.104. The van der Waals surface area contributed by atoms with Gasteiger partial charge in [-0.1, -0.05) is 32.4 Å². The van der Waals surface area contributed by atoms with Crippen LogP contribution < -0.4 is 0 Å². The van der Waals surface area contributed by atoms with Crippen molar-refractivity contribution in [2.75, 3.05) is 0 Å². The molecular formula is C15H26O2. The van der Waals surface area contributed by atoms with Crippen LogP contribution in [0, 0.1) is 23.7 Å². The topological polar surface area (TPSA) is 40.5 Å². The molecule has 2 heteroatoms. The van der Waals surface area contributed by atoms with Gasteiger partial charge in [0.05, 0.1) is 11.7 Å². The van der Waals surface area contributed by atoms with Crippen molar-refractivity contribution in [3.63, 3.8) is 0 Å². The van der Waals surface area contributed by atoms with E-state index in [0.29, 0.717) is 24.2 Å². The summed E-state index contributed by atoms with van der Waals surface area (Å²) in [6.07, 6.45) is 4.58. The van der Waals surface area contributed by atoms with Crippen molar-refractivity contribution in [2.45, 2.75) is 58.7 Å². The van der Waals surface area contributed by atoms with Gasteiger partial charge in [0.2, 0.25) is 0 Å². The second kappa shape index (κ2) is 4.40. The number of fused-ring (bicyclic) bond motifs is 1. The number of allylic oxidation sites excluding steroid dienone is 1. The van der Waals surface area contributed by atoms with Crippen LogP contribution in [0.2, 0.25) is 0 Å². The number of aliphatic hydroxyl groups is 2. The highest BCUT2D eigenvalue weighted by Crippen LogP contribution is 2.48. The van der Waals surface area contributed by atoms with Gasteiger partial charge in [-0.2, -0.15) is 0 Å². The summed E-state index contributed by atoms with van der Waals surface area (Å²) in [6.45, 7) is 8.44. The third-order valence-corrected chi connectivity index (χ3v) is 5.06. The van der Waals surface area contributed by atoms with Gasteiger partial charge in [0.1, 0.15) is 0 Å². The summed E-state index contributed by atoms with van der Waals surface area (Å²) in [4.78, 5) is 0. The van der Waals surface area contributed by atoms with Crippen molar-refractivity contribution < 1.29 is 10.2 Å². The molecule has 17 heavy (non-hydrogen) atoms. The summed E-state index contributed by atoms with van der Waals surface area (Å²) in [5, 5.41) is 20.9. The molecule has 0 aromatic rings. The predicted octanol–water partition coefficient (Wildman–Crippen LogP) is 2.75. The molecule has 0 amide bonds. The first-order chi connectivity index (χ1) is 7.84. The fraction of sp³-hybridized carbons (Fsp3) is 0.867. The molecule has 2 N–H and O–H groups in total. The van der Waals surface area contributed by atoms with E-state index in [-0.39, 0.29) is 5.92 Å². The van der Waals surface area contributed by atoms with E-state index in [1.807, 2.05) is 6.92 Å². The average Bonchev–Trinajstić information content (AvgIpc) is 2.54. The van der Waals surface area contributed by atoms with Crippen molar-refractivity contribution >= 4 is 0 Å². The Morgan fingerprint density at radius 1 is 1.35 bits per heavy atom. The fourth-order valence-electron chi connectivity index (χ4n) is 3.61. The second-order valence-corrected chi connectivity index (χ2v) is 6.58. The Hall–Kier alpha value is -0.340. The summed E-state index contributed by atoms with van der Waals surface area (Å²) in [5.41, 5.74) is 0.391. The first-order valence-corrected chi connectivity index (χ1v) is 6.95. The van der Waals surface area contributed by atoms with Gasteiger partial charge in [-0.15, -0.1) is 0 Å². The minimum absolute atomic E-state index is 0.226. The normalized spacial score (nSPS) is 46.6. The van der Waals surface area contributed by atoms with Gasteiger partial charge in [0.25, 0.3) is 0 Å². The molecule has 0 spiro atoms. The molecule has 0 saturated heterocycles. The number of hydrogen-bond donors (Lipinski definition) is 2. The maximum absolute atomic E-state index is 10.6. The zero-order valence-corrected chi connectivity index (χ0v) is 11.5. The summed E-state index contributed by atoms with van der Waals surface area (Å²) in [6, 6.07) is 0. The molecule has 2 aliphatic rings. The van der Waals surface area contributed by atoms with Crippen LogP contribution in [0.25, 0.3) is 0 Å². The molecule has 98 valence electrons. The zero-order chi connectivity index (χ0) is 12.8. The van der Waals surface area contributed by atoms with Crippen LogP contribution in [0.1, 0.15) is 47.0 Å². The van der Waals surface area contributed by atoms with Crippen LogP contribution in [0.4, 0.5) is 0 Å². The van der Waals surface area contributed by atoms with Gasteiger partial charge in [0, 0.05) is 0 Å². The van der Waals surface area contributed by atoms with Gasteiger partial charge in [-0.3, -0.25) is 0 Å². The van der Waals surface area contributed by atoms with Crippen molar-refractivity contribution in [2.24, 2.45) is 23.7 Å². The Bertz CT molecular complexity index is 317. The van der Waals surface area contributed by atoms with Crippen molar-refractivity contribution in [3.05, 3.63) is 11.6 Å². The van der Waals surface area contributed by atoms with Crippen molar-refractivity contribution in [1.29, 1.82) is 0 Å². The maximum Gasteiger partial charge on any atom is 0.0914 e. The smallest absolute Gasteiger partial charge is 0.0914 e. The summed E-state index contributed by atoms with van der Waals surface area (Å²) in [7, 11) is 0. The molecule has 1 saturated carbocycles. The largest absolute Gasteiger partial charge is 0.390 e. The minimum Gasteiger partial charge on any atom is -0.390 e. The van der Waals surface area contributed by atoms with E-state index in [9.17, 15) is 10.2 Å². The van der Waals surface area contributed by atoms with E-state index < -0.39 is 11.7 Å². The Labute approximate surface area is 105 Å². The molecule has 3 unspecified atom stereocenters. The van der Waals surface area contributed by atoms with Gasteiger partial charge >= 0.3 is 0 Å². The molecule has 5 atom stereocenters. The van der Waals surface area contributed by atoms with E-state index in [1.165, 1.54) is 12.0 Å². The van der Waals surface area contributed by atoms with E-state index in [1.54, 1.807) is 0 Å². The van der Waals surface area contributed by atoms with Crippen molar-refractivity contribution in [1.82, 2.24) is 0 Å². The third-order valence-electron chi connectivity index (χ3n) is 5.06. The van der Waals surface area contributed by atoms with Crippen molar-refractivity contribution in [3.8, 4) is 0 Å².